The molecule has 0 atom stereocenters. The van der Waals surface area contributed by atoms with Gasteiger partial charge in [-0.2, -0.15) is 0 Å². The molecule has 1 rings (SSSR count). The maximum atomic E-state index is 11.9. The van der Waals surface area contributed by atoms with Gasteiger partial charge in [0.25, 0.3) is 0 Å². The minimum Gasteiger partial charge on any atom is -0.480 e. The third-order valence-corrected chi connectivity index (χ3v) is 6.21. The molecule has 1 saturated carbocycles. The molecular weight excluding hydrogens is 280 g/mol. The highest BCUT2D eigenvalue weighted by Gasteiger charge is 2.57. The third kappa shape index (κ3) is 3.64. The molecule has 22 heavy (non-hydrogen) atoms. The maximum Gasteiger partial charge on any atom is 0.321 e. The highest BCUT2D eigenvalue weighted by molar-refractivity contribution is 5.99. The van der Waals surface area contributed by atoms with Gasteiger partial charge in [-0.15, -0.1) is 0 Å². The molecule has 128 valence electrons. The van der Waals surface area contributed by atoms with E-state index in [0.29, 0.717) is 25.2 Å². The smallest absolute Gasteiger partial charge is 0.321 e. The van der Waals surface area contributed by atoms with Gasteiger partial charge in [-0.25, -0.2) is 0 Å². The van der Waals surface area contributed by atoms with Gasteiger partial charge in [0.1, 0.15) is 0 Å². The number of hydrogen-bond acceptors (Lipinski definition) is 2. The van der Waals surface area contributed by atoms with Crippen molar-refractivity contribution < 1.29 is 19.8 Å². The summed E-state index contributed by atoms with van der Waals surface area (Å²) in [5.74, 6) is -1.69. The molecule has 1 aliphatic rings. The SMILES string of the molecule is CCC(C)(CC)C(CCCC1CCCCC1)(C(=O)O)C(=O)O. The Morgan fingerprint density at radius 2 is 1.50 bits per heavy atom. The summed E-state index contributed by atoms with van der Waals surface area (Å²) in [6.07, 6.45) is 9.27. The monoisotopic (exact) mass is 312 g/mol. The molecule has 0 aromatic carbocycles. The molecule has 0 radical (unpaired) electrons. The van der Waals surface area contributed by atoms with E-state index in [4.69, 9.17) is 0 Å². The highest BCUT2D eigenvalue weighted by atomic mass is 16.4. The minimum atomic E-state index is -1.66. The van der Waals surface area contributed by atoms with Crippen LogP contribution in [-0.2, 0) is 9.59 Å². The predicted molar refractivity (Wildman–Crippen MR) is 86.8 cm³/mol. The van der Waals surface area contributed by atoms with Crippen molar-refractivity contribution in [3.63, 3.8) is 0 Å². The average Bonchev–Trinajstić information content (AvgIpc) is 2.51. The first-order chi connectivity index (χ1) is 10.3. The second-order valence-electron chi connectivity index (χ2n) is 7.18. The van der Waals surface area contributed by atoms with E-state index in [1.165, 1.54) is 32.1 Å². The largest absolute Gasteiger partial charge is 0.480 e. The zero-order valence-corrected chi connectivity index (χ0v) is 14.4. The lowest BCUT2D eigenvalue weighted by molar-refractivity contribution is -0.177. The molecule has 0 unspecified atom stereocenters. The van der Waals surface area contributed by atoms with Crippen LogP contribution in [0, 0.1) is 16.7 Å². The van der Waals surface area contributed by atoms with Gasteiger partial charge in [0.2, 0.25) is 0 Å². The molecule has 0 spiro atoms. The van der Waals surface area contributed by atoms with E-state index in [0.717, 1.165) is 6.42 Å². The second kappa shape index (κ2) is 7.98. The first-order valence-electron chi connectivity index (χ1n) is 8.81. The quantitative estimate of drug-likeness (QED) is 0.604. The van der Waals surface area contributed by atoms with Gasteiger partial charge in [-0.1, -0.05) is 65.7 Å². The molecule has 0 aromatic heterocycles. The molecular formula is C18H32O4. The Hall–Kier alpha value is -1.06. The van der Waals surface area contributed by atoms with E-state index in [2.05, 4.69) is 0 Å². The van der Waals surface area contributed by atoms with Crippen LogP contribution in [0.15, 0.2) is 0 Å². The number of aliphatic carboxylic acids is 2. The summed E-state index contributed by atoms with van der Waals surface area (Å²) in [4.78, 5) is 23.9. The van der Waals surface area contributed by atoms with Crippen molar-refractivity contribution in [2.45, 2.75) is 85.0 Å². The van der Waals surface area contributed by atoms with E-state index in [1.54, 1.807) is 0 Å². The fraction of sp³-hybridized carbons (Fsp3) is 0.889. The predicted octanol–water partition coefficient (Wildman–Crippen LogP) is 4.72. The van der Waals surface area contributed by atoms with E-state index in [9.17, 15) is 19.8 Å². The summed E-state index contributed by atoms with van der Waals surface area (Å²) in [5.41, 5.74) is -2.37. The molecule has 4 nitrogen and oxygen atoms in total. The molecule has 1 fully saturated rings. The number of hydrogen-bond donors (Lipinski definition) is 2. The Morgan fingerprint density at radius 3 is 1.91 bits per heavy atom. The standard InChI is InChI=1S/C18H32O4/c1-4-17(3,5-2)18(15(19)20,16(21)22)13-9-12-14-10-7-6-8-11-14/h14H,4-13H2,1-3H3,(H,19,20)(H,21,22). The molecule has 0 bridgehead atoms. The summed E-state index contributed by atoms with van der Waals surface area (Å²) in [5, 5.41) is 19.5. The van der Waals surface area contributed by atoms with Crippen LogP contribution in [0.25, 0.3) is 0 Å². The second-order valence-corrected chi connectivity index (χ2v) is 7.18. The molecule has 0 aromatic rings. The van der Waals surface area contributed by atoms with Gasteiger partial charge in [-0.05, 0) is 30.6 Å². The molecule has 2 N–H and O–H groups in total. The van der Waals surface area contributed by atoms with Gasteiger partial charge in [0.05, 0.1) is 0 Å². The Balaban J connectivity index is 2.86. The van der Waals surface area contributed by atoms with Crippen molar-refractivity contribution >= 4 is 11.9 Å². The topological polar surface area (TPSA) is 74.6 Å². The van der Waals surface area contributed by atoms with Crippen LogP contribution in [0.2, 0.25) is 0 Å². The van der Waals surface area contributed by atoms with Gasteiger partial charge in [0, 0.05) is 0 Å². The van der Waals surface area contributed by atoms with Gasteiger partial charge in [0.15, 0.2) is 5.41 Å². The third-order valence-electron chi connectivity index (χ3n) is 6.21. The Kier molecular flexibility index (Phi) is 6.89. The van der Waals surface area contributed by atoms with Crippen LogP contribution in [0.1, 0.15) is 85.0 Å². The summed E-state index contributed by atoms with van der Waals surface area (Å²) < 4.78 is 0. The van der Waals surface area contributed by atoms with Crippen molar-refractivity contribution in [2.75, 3.05) is 0 Å². The summed E-state index contributed by atoms with van der Waals surface area (Å²) in [6.45, 7) is 5.60. The molecule has 4 heteroatoms. The Morgan fingerprint density at radius 1 is 1.00 bits per heavy atom. The zero-order chi connectivity index (χ0) is 16.8. The van der Waals surface area contributed by atoms with Crippen molar-refractivity contribution in [3.8, 4) is 0 Å². The first kappa shape index (κ1) is 19.0. The van der Waals surface area contributed by atoms with Crippen LogP contribution in [0.4, 0.5) is 0 Å². The lowest BCUT2D eigenvalue weighted by atomic mass is 9.59. The number of carbonyl (C=O) groups is 2. The van der Waals surface area contributed by atoms with E-state index in [-0.39, 0.29) is 6.42 Å². The normalized spacial score (nSPS) is 17.4. The van der Waals surface area contributed by atoms with Crippen molar-refractivity contribution in [2.24, 2.45) is 16.7 Å². The van der Waals surface area contributed by atoms with Crippen LogP contribution in [-0.4, -0.2) is 22.2 Å². The summed E-state index contributed by atoms with van der Waals surface area (Å²) >= 11 is 0. The minimum absolute atomic E-state index is 0.242. The number of carboxylic acids is 2. The van der Waals surface area contributed by atoms with Crippen LogP contribution >= 0.6 is 0 Å². The number of carboxylic acid groups (broad SMARTS) is 2. The van der Waals surface area contributed by atoms with Gasteiger partial charge in [-0.3, -0.25) is 9.59 Å². The number of rotatable bonds is 9. The van der Waals surface area contributed by atoms with E-state index < -0.39 is 22.8 Å². The fourth-order valence-corrected chi connectivity index (χ4v) is 4.11. The highest BCUT2D eigenvalue weighted by Crippen LogP contribution is 2.49. The Bertz CT molecular complexity index is 365. The molecule has 0 aliphatic heterocycles. The van der Waals surface area contributed by atoms with Crippen molar-refractivity contribution in [3.05, 3.63) is 0 Å². The summed E-state index contributed by atoms with van der Waals surface area (Å²) in [7, 11) is 0. The van der Waals surface area contributed by atoms with Crippen molar-refractivity contribution in [1.82, 2.24) is 0 Å². The molecule has 1 aliphatic carbocycles. The first-order valence-corrected chi connectivity index (χ1v) is 8.81. The van der Waals surface area contributed by atoms with E-state index >= 15 is 0 Å². The van der Waals surface area contributed by atoms with Crippen LogP contribution < -0.4 is 0 Å². The molecule has 0 amide bonds. The maximum absolute atomic E-state index is 11.9. The molecule has 0 heterocycles. The summed E-state index contributed by atoms with van der Waals surface area (Å²) in [6, 6.07) is 0. The molecule has 0 saturated heterocycles. The Labute approximate surface area is 134 Å². The zero-order valence-electron chi connectivity index (χ0n) is 14.4. The van der Waals surface area contributed by atoms with Crippen molar-refractivity contribution in [1.29, 1.82) is 0 Å². The lowest BCUT2D eigenvalue weighted by Crippen LogP contribution is -2.51. The van der Waals surface area contributed by atoms with E-state index in [1.807, 2.05) is 20.8 Å². The van der Waals surface area contributed by atoms with Crippen LogP contribution in [0.3, 0.4) is 0 Å². The lowest BCUT2D eigenvalue weighted by Gasteiger charge is -2.42. The van der Waals surface area contributed by atoms with Crippen LogP contribution in [0.5, 0.6) is 0 Å². The fourth-order valence-electron chi connectivity index (χ4n) is 4.11. The van der Waals surface area contributed by atoms with Gasteiger partial charge >= 0.3 is 11.9 Å². The van der Waals surface area contributed by atoms with Gasteiger partial charge < -0.3 is 10.2 Å². The average molecular weight is 312 g/mol.